The summed E-state index contributed by atoms with van der Waals surface area (Å²) in [5.41, 5.74) is 2.70. The lowest BCUT2D eigenvalue weighted by atomic mass is 9.99. The average molecular weight is 441 g/mol. The van der Waals surface area contributed by atoms with E-state index in [0.29, 0.717) is 37.6 Å². The van der Waals surface area contributed by atoms with E-state index < -0.39 is 0 Å². The first-order valence-electron chi connectivity index (χ1n) is 11.0. The Balaban J connectivity index is 1.29. The van der Waals surface area contributed by atoms with Crippen LogP contribution in [0.5, 0.6) is 11.8 Å². The molecule has 1 fully saturated rings. The number of para-hydroxylation sites is 1. The zero-order chi connectivity index (χ0) is 22.5. The summed E-state index contributed by atoms with van der Waals surface area (Å²) in [4.78, 5) is 27.9. The molecule has 0 bridgehead atoms. The highest BCUT2D eigenvalue weighted by atomic mass is 16.5. The molecule has 1 atom stereocenters. The van der Waals surface area contributed by atoms with Gasteiger partial charge in [-0.05, 0) is 48.4 Å². The monoisotopic (exact) mass is 440 g/mol. The Labute approximate surface area is 192 Å². The maximum absolute atomic E-state index is 13.3. The lowest BCUT2D eigenvalue weighted by molar-refractivity contribution is 0.0737. The highest BCUT2D eigenvalue weighted by Gasteiger charge is 2.24. The summed E-state index contributed by atoms with van der Waals surface area (Å²) in [6, 6.07) is 19.3. The summed E-state index contributed by atoms with van der Waals surface area (Å²) in [5.74, 6) is 0.676. The Morgan fingerprint density at radius 3 is 2.82 bits per heavy atom. The van der Waals surface area contributed by atoms with Crippen LogP contribution in [0.4, 0.5) is 0 Å². The molecule has 1 aliphatic heterocycles. The Bertz CT molecular complexity index is 1250. The van der Waals surface area contributed by atoms with Gasteiger partial charge in [-0.15, -0.1) is 0 Å². The molecule has 5 rings (SSSR count). The number of ether oxygens (including phenoxy) is 2. The Morgan fingerprint density at radius 2 is 1.91 bits per heavy atom. The minimum absolute atomic E-state index is 0.0402. The fourth-order valence-corrected chi connectivity index (χ4v) is 4.07. The van der Waals surface area contributed by atoms with Crippen molar-refractivity contribution in [2.45, 2.75) is 6.42 Å². The first kappa shape index (κ1) is 21.0. The van der Waals surface area contributed by atoms with E-state index in [2.05, 4.69) is 27.1 Å². The van der Waals surface area contributed by atoms with Crippen LogP contribution in [0, 0.1) is 5.92 Å². The van der Waals surface area contributed by atoms with Crippen molar-refractivity contribution in [2.75, 3.05) is 26.3 Å². The summed E-state index contributed by atoms with van der Waals surface area (Å²) in [5, 5.41) is 1.12. The molecule has 0 N–H and O–H groups in total. The average Bonchev–Trinajstić information content (AvgIpc) is 3.10. The molecule has 1 saturated heterocycles. The largest absolute Gasteiger partial charge is 0.424 e. The molecule has 1 unspecified atom stereocenters. The molecule has 1 aliphatic rings. The molecule has 7 nitrogen and oxygen atoms in total. The zero-order valence-electron chi connectivity index (χ0n) is 18.1. The van der Waals surface area contributed by atoms with Crippen molar-refractivity contribution in [3.05, 3.63) is 90.4 Å². The Morgan fingerprint density at radius 1 is 1.03 bits per heavy atom. The third-order valence-electron chi connectivity index (χ3n) is 5.63. The number of hydrogen-bond donors (Lipinski definition) is 0. The van der Waals surface area contributed by atoms with Gasteiger partial charge in [0, 0.05) is 48.5 Å². The van der Waals surface area contributed by atoms with Crippen molar-refractivity contribution in [1.29, 1.82) is 0 Å². The molecule has 4 aromatic rings. The number of benzene rings is 2. The predicted octanol–water partition coefficient (Wildman–Crippen LogP) is 4.15. The molecular formula is C26H24N4O3. The van der Waals surface area contributed by atoms with Crippen molar-refractivity contribution in [3.63, 3.8) is 0 Å². The van der Waals surface area contributed by atoms with Gasteiger partial charge in [0.05, 0.1) is 18.7 Å². The van der Waals surface area contributed by atoms with Crippen LogP contribution in [0.2, 0.25) is 0 Å². The van der Waals surface area contributed by atoms with Crippen molar-refractivity contribution in [1.82, 2.24) is 19.9 Å². The number of rotatable bonds is 5. The lowest BCUT2D eigenvalue weighted by Gasteiger charge is -2.24. The van der Waals surface area contributed by atoms with Gasteiger partial charge in [-0.1, -0.05) is 24.3 Å². The molecule has 3 heterocycles. The third kappa shape index (κ3) is 5.15. The van der Waals surface area contributed by atoms with Crippen LogP contribution in [-0.4, -0.2) is 52.1 Å². The number of amides is 1. The van der Waals surface area contributed by atoms with E-state index in [9.17, 15) is 4.79 Å². The normalized spacial score (nSPS) is 16.4. The van der Waals surface area contributed by atoms with Gasteiger partial charge in [-0.2, -0.15) is 0 Å². The van der Waals surface area contributed by atoms with Crippen LogP contribution < -0.4 is 4.74 Å². The van der Waals surface area contributed by atoms with Crippen LogP contribution in [0.15, 0.2) is 79.3 Å². The third-order valence-corrected chi connectivity index (χ3v) is 5.63. The number of carbonyl (C=O) groups is 1. The molecule has 0 radical (unpaired) electrons. The van der Waals surface area contributed by atoms with E-state index in [4.69, 9.17) is 9.47 Å². The fourth-order valence-electron chi connectivity index (χ4n) is 4.07. The first-order chi connectivity index (χ1) is 16.2. The number of hydrogen-bond acceptors (Lipinski definition) is 6. The fraction of sp³-hybridized carbons (Fsp3) is 0.231. The number of aromatic nitrogens is 3. The predicted molar refractivity (Wildman–Crippen MR) is 124 cm³/mol. The van der Waals surface area contributed by atoms with Gasteiger partial charge >= 0.3 is 6.01 Å². The van der Waals surface area contributed by atoms with Crippen LogP contribution in [0.1, 0.15) is 15.9 Å². The summed E-state index contributed by atoms with van der Waals surface area (Å²) in [6.45, 7) is 2.31. The molecule has 1 amide bonds. The van der Waals surface area contributed by atoms with Gasteiger partial charge < -0.3 is 14.4 Å². The molecule has 2 aromatic heterocycles. The topological polar surface area (TPSA) is 77.4 Å². The molecule has 0 aliphatic carbocycles. The smallest absolute Gasteiger partial charge is 0.321 e. The van der Waals surface area contributed by atoms with Crippen molar-refractivity contribution in [2.24, 2.45) is 5.92 Å². The van der Waals surface area contributed by atoms with Gasteiger partial charge in [0.15, 0.2) is 0 Å². The Hall–Kier alpha value is -3.84. The Kier molecular flexibility index (Phi) is 6.21. The molecule has 166 valence electrons. The second-order valence-corrected chi connectivity index (χ2v) is 8.09. The summed E-state index contributed by atoms with van der Waals surface area (Å²) >= 11 is 0. The zero-order valence-corrected chi connectivity index (χ0v) is 18.1. The van der Waals surface area contributed by atoms with E-state index >= 15 is 0 Å². The SMILES string of the molecule is O=C(c1cccc(Oc2ncccn2)c1)N1CCOCC(Cc2cnc3ccccc3c2)C1. The minimum atomic E-state index is -0.0402. The summed E-state index contributed by atoms with van der Waals surface area (Å²) in [6.07, 6.45) is 5.95. The van der Waals surface area contributed by atoms with Crippen LogP contribution in [0.3, 0.4) is 0 Å². The van der Waals surface area contributed by atoms with Gasteiger partial charge in [0.1, 0.15) is 5.75 Å². The molecule has 33 heavy (non-hydrogen) atoms. The van der Waals surface area contributed by atoms with Crippen molar-refractivity contribution < 1.29 is 14.3 Å². The van der Waals surface area contributed by atoms with E-state index in [1.165, 1.54) is 0 Å². The first-order valence-corrected chi connectivity index (χ1v) is 11.0. The summed E-state index contributed by atoms with van der Waals surface area (Å²) < 4.78 is 11.5. The standard InChI is InChI=1S/C26H24N4O3/c31-25(22-6-3-7-23(15-22)33-26-27-9-4-10-28-26)30-11-12-32-18-20(17-30)13-19-14-21-5-1-2-8-24(21)29-16-19/h1-10,14-16,20H,11-13,17-18H2. The van der Waals surface area contributed by atoms with E-state index in [0.717, 1.165) is 22.9 Å². The van der Waals surface area contributed by atoms with Gasteiger partial charge in [-0.3, -0.25) is 9.78 Å². The second kappa shape index (κ2) is 9.75. The van der Waals surface area contributed by atoms with Crippen LogP contribution in [-0.2, 0) is 11.2 Å². The number of pyridine rings is 1. The molecular weight excluding hydrogens is 416 g/mol. The van der Waals surface area contributed by atoms with E-state index in [-0.39, 0.29) is 17.8 Å². The van der Waals surface area contributed by atoms with Gasteiger partial charge in [-0.25, -0.2) is 9.97 Å². The van der Waals surface area contributed by atoms with Crippen LogP contribution in [0.25, 0.3) is 10.9 Å². The van der Waals surface area contributed by atoms with Crippen molar-refractivity contribution >= 4 is 16.8 Å². The number of fused-ring (bicyclic) bond motifs is 1. The minimum Gasteiger partial charge on any atom is -0.424 e. The second-order valence-electron chi connectivity index (χ2n) is 8.09. The molecule has 0 saturated carbocycles. The van der Waals surface area contributed by atoms with Crippen molar-refractivity contribution in [3.8, 4) is 11.8 Å². The maximum Gasteiger partial charge on any atom is 0.321 e. The maximum atomic E-state index is 13.3. The number of nitrogens with zero attached hydrogens (tertiary/aromatic N) is 4. The summed E-state index contributed by atoms with van der Waals surface area (Å²) in [7, 11) is 0. The highest BCUT2D eigenvalue weighted by Crippen LogP contribution is 2.22. The quantitative estimate of drug-likeness (QED) is 0.464. The van der Waals surface area contributed by atoms with E-state index in [1.807, 2.05) is 29.3 Å². The van der Waals surface area contributed by atoms with E-state index in [1.54, 1.807) is 42.7 Å². The molecule has 0 spiro atoms. The van der Waals surface area contributed by atoms with Crippen LogP contribution >= 0.6 is 0 Å². The van der Waals surface area contributed by atoms with Gasteiger partial charge in [0.25, 0.3) is 5.91 Å². The lowest BCUT2D eigenvalue weighted by Crippen LogP contribution is -2.36. The number of carbonyl (C=O) groups excluding carboxylic acids is 1. The molecule has 7 heteroatoms. The highest BCUT2D eigenvalue weighted by molar-refractivity contribution is 5.94. The van der Waals surface area contributed by atoms with Gasteiger partial charge in [0.2, 0.25) is 0 Å². The molecule has 2 aromatic carbocycles.